The summed E-state index contributed by atoms with van der Waals surface area (Å²) in [5.74, 6) is 1.04. The van der Waals surface area contributed by atoms with Crippen molar-refractivity contribution in [1.29, 1.82) is 0 Å². The second kappa shape index (κ2) is 5.05. The molecule has 1 aromatic carbocycles. The average molecular weight is 207 g/mol. The molecular formula is C11H15N2S+. The number of thioether (sulfide) groups is 1. The van der Waals surface area contributed by atoms with Gasteiger partial charge in [0.2, 0.25) is 0 Å². The quantitative estimate of drug-likeness (QED) is 0.732. The summed E-state index contributed by atoms with van der Waals surface area (Å²) in [6.45, 7) is 2.20. The van der Waals surface area contributed by atoms with E-state index in [2.05, 4.69) is 40.6 Å². The summed E-state index contributed by atoms with van der Waals surface area (Å²) in [5, 5.41) is 4.58. The van der Waals surface area contributed by atoms with Gasteiger partial charge in [-0.2, -0.15) is 0 Å². The fourth-order valence-electron chi connectivity index (χ4n) is 1.39. The van der Waals surface area contributed by atoms with Crippen LogP contribution in [-0.4, -0.2) is 18.3 Å². The first-order chi connectivity index (χ1) is 6.95. The van der Waals surface area contributed by atoms with Crippen LogP contribution in [-0.2, 0) is 5.75 Å². The summed E-state index contributed by atoms with van der Waals surface area (Å²) in [6, 6.07) is 10.6. The highest BCUT2D eigenvalue weighted by molar-refractivity contribution is 8.12. The highest BCUT2D eigenvalue weighted by atomic mass is 32.2. The van der Waals surface area contributed by atoms with Gasteiger partial charge >= 0.3 is 5.17 Å². The predicted molar refractivity (Wildman–Crippen MR) is 61.2 cm³/mol. The number of hydrogen-bond donors (Lipinski definition) is 2. The number of amidine groups is 1. The SMILES string of the molecule is c1ccc(CSC2=[NH+]CCCN2)cc1. The molecule has 0 spiro atoms. The number of rotatable bonds is 2. The summed E-state index contributed by atoms with van der Waals surface area (Å²) in [7, 11) is 0. The molecule has 2 N–H and O–H groups in total. The standard InChI is InChI=1S/C11H14N2S/c1-2-5-10(6-3-1)9-14-11-12-7-4-8-13-11/h1-3,5-6H,4,7-9H2,(H,12,13)/p+1. The van der Waals surface area contributed by atoms with Crippen molar-refractivity contribution in [2.75, 3.05) is 13.1 Å². The van der Waals surface area contributed by atoms with Gasteiger partial charge in [0.05, 0.1) is 13.1 Å². The van der Waals surface area contributed by atoms with Crippen molar-refractivity contribution >= 4 is 16.9 Å². The molecular weight excluding hydrogens is 192 g/mol. The third-order valence-electron chi connectivity index (χ3n) is 2.15. The number of benzene rings is 1. The molecule has 0 unspecified atom stereocenters. The molecule has 1 heterocycles. The lowest BCUT2D eigenvalue weighted by molar-refractivity contribution is -0.460. The fraction of sp³-hybridized carbons (Fsp3) is 0.364. The van der Waals surface area contributed by atoms with Gasteiger partial charge in [0.25, 0.3) is 0 Å². The monoisotopic (exact) mass is 207 g/mol. The summed E-state index contributed by atoms with van der Waals surface area (Å²) >= 11 is 1.84. The zero-order chi connectivity index (χ0) is 9.64. The first kappa shape index (κ1) is 9.59. The molecule has 1 aromatic rings. The minimum atomic E-state index is 1.04. The maximum atomic E-state index is 3.36. The molecule has 0 aromatic heterocycles. The Bertz CT molecular complexity index is 308. The Balaban J connectivity index is 1.85. The van der Waals surface area contributed by atoms with Crippen LogP contribution in [0.1, 0.15) is 12.0 Å². The van der Waals surface area contributed by atoms with Crippen LogP contribution in [0.4, 0.5) is 0 Å². The Morgan fingerprint density at radius 1 is 1.29 bits per heavy atom. The summed E-state index contributed by atoms with van der Waals surface area (Å²) in [6.07, 6.45) is 1.22. The van der Waals surface area contributed by atoms with E-state index in [9.17, 15) is 0 Å². The van der Waals surface area contributed by atoms with Crippen LogP contribution in [0.25, 0.3) is 0 Å². The van der Waals surface area contributed by atoms with E-state index >= 15 is 0 Å². The van der Waals surface area contributed by atoms with E-state index < -0.39 is 0 Å². The normalized spacial score (nSPS) is 15.9. The van der Waals surface area contributed by atoms with E-state index in [0.717, 1.165) is 18.8 Å². The van der Waals surface area contributed by atoms with Crippen LogP contribution >= 0.6 is 11.8 Å². The van der Waals surface area contributed by atoms with Crippen molar-refractivity contribution in [2.24, 2.45) is 0 Å². The van der Waals surface area contributed by atoms with Crippen molar-refractivity contribution in [3.05, 3.63) is 35.9 Å². The second-order valence-electron chi connectivity index (χ2n) is 3.31. The number of nitrogens with one attached hydrogen (secondary N) is 2. The van der Waals surface area contributed by atoms with Gasteiger partial charge in [-0.25, -0.2) is 0 Å². The van der Waals surface area contributed by atoms with Gasteiger partial charge in [-0.1, -0.05) is 30.3 Å². The van der Waals surface area contributed by atoms with Crippen molar-refractivity contribution in [1.82, 2.24) is 5.32 Å². The molecule has 0 atom stereocenters. The molecule has 3 heteroatoms. The molecule has 0 saturated heterocycles. The molecule has 0 radical (unpaired) electrons. The van der Waals surface area contributed by atoms with Gasteiger partial charge in [-0.15, -0.1) is 0 Å². The lowest BCUT2D eigenvalue weighted by atomic mass is 10.2. The molecule has 14 heavy (non-hydrogen) atoms. The first-order valence-corrected chi connectivity index (χ1v) is 5.95. The van der Waals surface area contributed by atoms with Crippen molar-refractivity contribution < 1.29 is 4.99 Å². The zero-order valence-electron chi connectivity index (χ0n) is 8.12. The third-order valence-corrected chi connectivity index (χ3v) is 3.21. The largest absolute Gasteiger partial charge is 0.304 e. The minimum Gasteiger partial charge on any atom is -0.269 e. The highest BCUT2D eigenvalue weighted by Crippen LogP contribution is 2.10. The van der Waals surface area contributed by atoms with Crippen LogP contribution in [0.15, 0.2) is 30.3 Å². The smallest absolute Gasteiger partial charge is 0.269 e. The van der Waals surface area contributed by atoms with E-state index in [-0.39, 0.29) is 0 Å². The van der Waals surface area contributed by atoms with Gasteiger partial charge in [0, 0.05) is 12.2 Å². The summed E-state index contributed by atoms with van der Waals surface area (Å²) in [5.41, 5.74) is 1.37. The van der Waals surface area contributed by atoms with Gasteiger partial charge in [0.15, 0.2) is 0 Å². The minimum absolute atomic E-state index is 1.04. The maximum absolute atomic E-state index is 3.36. The molecule has 0 amide bonds. The van der Waals surface area contributed by atoms with E-state index in [1.807, 2.05) is 11.8 Å². The lowest BCUT2D eigenvalue weighted by Crippen LogP contribution is -2.78. The Kier molecular flexibility index (Phi) is 3.46. The Morgan fingerprint density at radius 3 is 2.86 bits per heavy atom. The molecule has 0 aliphatic carbocycles. The van der Waals surface area contributed by atoms with E-state index in [4.69, 9.17) is 0 Å². The molecule has 0 fully saturated rings. The van der Waals surface area contributed by atoms with Crippen molar-refractivity contribution in [3.63, 3.8) is 0 Å². The average Bonchev–Trinajstić information content (AvgIpc) is 2.29. The van der Waals surface area contributed by atoms with Gasteiger partial charge in [-0.05, 0) is 17.3 Å². The van der Waals surface area contributed by atoms with Crippen molar-refractivity contribution in [3.8, 4) is 0 Å². The van der Waals surface area contributed by atoms with Gasteiger partial charge in [0.1, 0.15) is 0 Å². The third kappa shape index (κ3) is 2.77. The summed E-state index contributed by atoms with van der Waals surface area (Å²) < 4.78 is 0. The molecule has 1 aliphatic rings. The van der Waals surface area contributed by atoms with E-state index in [1.165, 1.54) is 17.2 Å². The Hall–Kier alpha value is -0.960. The molecule has 74 valence electrons. The second-order valence-corrected chi connectivity index (χ2v) is 4.30. The van der Waals surface area contributed by atoms with Crippen molar-refractivity contribution in [2.45, 2.75) is 12.2 Å². The van der Waals surface area contributed by atoms with Crippen LogP contribution in [0.3, 0.4) is 0 Å². The Morgan fingerprint density at radius 2 is 2.14 bits per heavy atom. The highest BCUT2D eigenvalue weighted by Gasteiger charge is 2.10. The molecule has 1 aliphatic heterocycles. The van der Waals surface area contributed by atoms with E-state index in [0.29, 0.717) is 0 Å². The molecule has 0 bridgehead atoms. The summed E-state index contributed by atoms with van der Waals surface area (Å²) in [4.78, 5) is 3.36. The zero-order valence-corrected chi connectivity index (χ0v) is 8.94. The first-order valence-electron chi connectivity index (χ1n) is 4.96. The maximum Gasteiger partial charge on any atom is 0.304 e. The van der Waals surface area contributed by atoms with Crippen LogP contribution in [0.2, 0.25) is 0 Å². The molecule has 2 rings (SSSR count). The predicted octanol–water partition coefficient (Wildman–Crippen LogP) is 0.350. The van der Waals surface area contributed by atoms with Crippen LogP contribution < -0.4 is 10.3 Å². The van der Waals surface area contributed by atoms with E-state index in [1.54, 1.807) is 0 Å². The van der Waals surface area contributed by atoms with Crippen LogP contribution in [0, 0.1) is 0 Å². The van der Waals surface area contributed by atoms with Gasteiger partial charge < -0.3 is 0 Å². The number of hydrogen-bond acceptors (Lipinski definition) is 2. The molecule has 0 saturated carbocycles. The molecule has 2 nitrogen and oxygen atoms in total. The van der Waals surface area contributed by atoms with Crippen LogP contribution in [0.5, 0.6) is 0 Å². The Labute approximate surface area is 88.8 Å². The van der Waals surface area contributed by atoms with Gasteiger partial charge in [-0.3, -0.25) is 10.3 Å². The topological polar surface area (TPSA) is 26.0 Å². The fourth-order valence-corrected chi connectivity index (χ4v) is 2.30. The lowest BCUT2D eigenvalue weighted by Gasteiger charge is -2.07.